The molecule has 2 unspecified atom stereocenters. The number of carbonyl (C=O) groups excluding carboxylic acids is 1. The number of amides is 1. The van der Waals surface area contributed by atoms with E-state index in [4.69, 9.17) is 20.8 Å². The first-order valence-corrected chi connectivity index (χ1v) is 13.8. The zero-order valence-electron chi connectivity index (χ0n) is 19.5. The van der Waals surface area contributed by atoms with Gasteiger partial charge in [0, 0.05) is 16.5 Å². The number of carbonyl (C=O) groups is 1. The lowest BCUT2D eigenvalue weighted by atomic mass is 9.89. The second-order valence-corrected chi connectivity index (χ2v) is 16.1. The Bertz CT molecular complexity index is 715. The highest BCUT2D eigenvalue weighted by molar-refractivity contribution is 6.74. The third kappa shape index (κ3) is 6.22. The van der Waals surface area contributed by atoms with Crippen LogP contribution in [0.15, 0.2) is 24.3 Å². The van der Waals surface area contributed by atoms with Crippen LogP contribution in [0.25, 0.3) is 0 Å². The van der Waals surface area contributed by atoms with Gasteiger partial charge in [-0.3, -0.25) is 0 Å². The molecule has 1 aromatic rings. The fourth-order valence-electron chi connectivity index (χ4n) is 3.23. The van der Waals surface area contributed by atoms with Gasteiger partial charge in [0.25, 0.3) is 0 Å². The highest BCUT2D eigenvalue weighted by atomic mass is 35.5. The van der Waals surface area contributed by atoms with Crippen LogP contribution in [0.4, 0.5) is 4.79 Å². The van der Waals surface area contributed by atoms with E-state index in [1.165, 1.54) is 0 Å². The minimum atomic E-state index is -2.03. The second kappa shape index (κ2) is 8.24. The molecule has 1 saturated carbocycles. The van der Waals surface area contributed by atoms with Crippen LogP contribution in [0.3, 0.4) is 0 Å². The minimum Gasteiger partial charge on any atom is -0.444 e. The van der Waals surface area contributed by atoms with Gasteiger partial charge in [0.2, 0.25) is 0 Å². The van der Waals surface area contributed by atoms with Crippen molar-refractivity contribution in [2.24, 2.45) is 5.92 Å². The summed E-state index contributed by atoms with van der Waals surface area (Å²) in [6.45, 7) is 19.1. The fraction of sp³-hybridized carbons (Fsp3) is 0.696. The van der Waals surface area contributed by atoms with E-state index in [0.29, 0.717) is 5.02 Å². The summed E-state index contributed by atoms with van der Waals surface area (Å²) in [5.74, 6) is 0.102. The first kappa shape index (κ1) is 24.2. The third-order valence-corrected chi connectivity index (χ3v) is 11.0. The Balaban J connectivity index is 2.30. The molecular formula is C23H38ClNO3Si. The summed E-state index contributed by atoms with van der Waals surface area (Å²) in [6, 6.07) is 7.90. The average molecular weight is 440 g/mol. The number of rotatable bonds is 6. The van der Waals surface area contributed by atoms with Crippen molar-refractivity contribution in [2.75, 3.05) is 0 Å². The van der Waals surface area contributed by atoms with Crippen molar-refractivity contribution >= 4 is 26.0 Å². The molecule has 2 atom stereocenters. The summed E-state index contributed by atoms with van der Waals surface area (Å²) in [7, 11) is -2.03. The van der Waals surface area contributed by atoms with Crippen LogP contribution < -0.4 is 5.32 Å². The number of halogens is 1. The number of alkyl carbamates (subject to hydrolysis) is 1. The van der Waals surface area contributed by atoms with Gasteiger partial charge in [0.15, 0.2) is 8.32 Å². The molecule has 0 heterocycles. The summed E-state index contributed by atoms with van der Waals surface area (Å²) in [5, 5.41) is 3.96. The average Bonchev–Trinajstić information content (AvgIpc) is 3.30. The quantitative estimate of drug-likeness (QED) is 0.481. The van der Waals surface area contributed by atoms with Crippen molar-refractivity contribution in [3.8, 4) is 0 Å². The lowest BCUT2D eigenvalue weighted by molar-refractivity contribution is 0.0408. The molecule has 6 heteroatoms. The molecule has 29 heavy (non-hydrogen) atoms. The van der Waals surface area contributed by atoms with E-state index in [2.05, 4.69) is 46.1 Å². The number of nitrogens with one attached hydrogen (secondary N) is 1. The Morgan fingerprint density at radius 2 is 1.62 bits per heavy atom. The van der Waals surface area contributed by atoms with E-state index in [0.717, 1.165) is 18.4 Å². The van der Waals surface area contributed by atoms with Crippen molar-refractivity contribution in [3.63, 3.8) is 0 Å². The molecule has 0 radical (unpaired) electrons. The predicted octanol–water partition coefficient (Wildman–Crippen LogP) is 7.10. The monoisotopic (exact) mass is 439 g/mol. The lowest BCUT2D eigenvalue weighted by Gasteiger charge is -2.43. The van der Waals surface area contributed by atoms with E-state index >= 15 is 0 Å². The van der Waals surface area contributed by atoms with Gasteiger partial charge in [-0.15, -0.1) is 0 Å². The van der Waals surface area contributed by atoms with Crippen molar-refractivity contribution < 1.29 is 14.0 Å². The third-order valence-electron chi connectivity index (χ3n) is 6.29. The molecule has 1 aliphatic rings. The molecule has 0 aromatic heterocycles. The molecular weight excluding hydrogens is 402 g/mol. The van der Waals surface area contributed by atoms with Crippen molar-refractivity contribution in [2.45, 2.75) is 96.7 Å². The predicted molar refractivity (Wildman–Crippen MR) is 123 cm³/mol. The lowest BCUT2D eigenvalue weighted by Crippen LogP contribution is -2.49. The van der Waals surface area contributed by atoms with Crippen molar-refractivity contribution in [3.05, 3.63) is 34.9 Å². The van der Waals surface area contributed by atoms with E-state index in [1.807, 2.05) is 45.0 Å². The van der Waals surface area contributed by atoms with Gasteiger partial charge in [-0.25, -0.2) is 4.79 Å². The van der Waals surface area contributed by atoms with Gasteiger partial charge in [-0.1, -0.05) is 51.4 Å². The summed E-state index contributed by atoms with van der Waals surface area (Å²) in [5.41, 5.74) is 0.287. The SMILES string of the molecule is CC(C(O[Si](C)(C)C(C)(C)C)c1ccc(Cl)cc1)C1(NC(=O)OC(C)(C)C)CC1. The topological polar surface area (TPSA) is 47.6 Å². The molecule has 1 amide bonds. The van der Waals surface area contributed by atoms with E-state index < -0.39 is 13.9 Å². The fourth-order valence-corrected chi connectivity index (χ4v) is 4.69. The summed E-state index contributed by atoms with van der Waals surface area (Å²) < 4.78 is 12.4. The van der Waals surface area contributed by atoms with Crippen LogP contribution >= 0.6 is 11.6 Å². The summed E-state index contributed by atoms with van der Waals surface area (Å²) >= 11 is 6.13. The molecule has 1 N–H and O–H groups in total. The molecule has 1 aliphatic carbocycles. The van der Waals surface area contributed by atoms with Crippen molar-refractivity contribution in [1.29, 1.82) is 0 Å². The highest BCUT2D eigenvalue weighted by Gasteiger charge is 2.53. The Kier molecular flexibility index (Phi) is 6.88. The van der Waals surface area contributed by atoms with Gasteiger partial charge in [-0.2, -0.15) is 0 Å². The normalized spacial score (nSPS) is 18.7. The Morgan fingerprint density at radius 3 is 2.03 bits per heavy atom. The molecule has 0 aliphatic heterocycles. The van der Waals surface area contributed by atoms with Crippen LogP contribution in [0.1, 0.15) is 73.0 Å². The van der Waals surface area contributed by atoms with E-state index in [1.54, 1.807) is 0 Å². The Morgan fingerprint density at radius 1 is 1.10 bits per heavy atom. The largest absolute Gasteiger partial charge is 0.444 e. The number of benzene rings is 1. The van der Waals surface area contributed by atoms with Gasteiger partial charge in [0.05, 0.1) is 6.10 Å². The van der Waals surface area contributed by atoms with E-state index in [-0.39, 0.29) is 28.7 Å². The molecule has 2 rings (SSSR count). The minimum absolute atomic E-state index is 0.0900. The van der Waals surface area contributed by atoms with Gasteiger partial charge < -0.3 is 14.5 Å². The maximum atomic E-state index is 12.5. The summed E-state index contributed by atoms with van der Waals surface area (Å²) in [6.07, 6.45) is 1.38. The number of hydrogen-bond donors (Lipinski definition) is 1. The van der Waals surface area contributed by atoms with Gasteiger partial charge >= 0.3 is 6.09 Å². The van der Waals surface area contributed by atoms with Crippen LogP contribution in [0, 0.1) is 5.92 Å². The molecule has 0 spiro atoms. The van der Waals surface area contributed by atoms with Crippen LogP contribution in [-0.4, -0.2) is 25.6 Å². The Hall–Kier alpha value is -1.04. The van der Waals surface area contributed by atoms with Crippen LogP contribution in [0.2, 0.25) is 23.2 Å². The molecule has 1 aromatic carbocycles. The van der Waals surface area contributed by atoms with Gasteiger partial charge in [0.1, 0.15) is 5.60 Å². The Labute approximate surface area is 182 Å². The molecule has 164 valence electrons. The van der Waals surface area contributed by atoms with Crippen molar-refractivity contribution in [1.82, 2.24) is 5.32 Å². The molecule has 0 bridgehead atoms. The highest BCUT2D eigenvalue weighted by Crippen LogP contribution is 2.51. The second-order valence-electron chi connectivity index (χ2n) is 10.9. The molecule has 0 saturated heterocycles. The van der Waals surface area contributed by atoms with Crippen LogP contribution in [-0.2, 0) is 9.16 Å². The number of ether oxygens (including phenoxy) is 1. The van der Waals surface area contributed by atoms with Gasteiger partial charge in [-0.05, 0) is 69.4 Å². The van der Waals surface area contributed by atoms with E-state index in [9.17, 15) is 4.79 Å². The first-order chi connectivity index (χ1) is 13.1. The maximum Gasteiger partial charge on any atom is 0.408 e. The smallest absolute Gasteiger partial charge is 0.408 e. The molecule has 4 nitrogen and oxygen atoms in total. The zero-order valence-corrected chi connectivity index (χ0v) is 21.2. The standard InChI is InChI=1S/C23H38ClNO3Si/c1-16(23(14-15-23)25-20(26)27-21(2,3)4)19(17-10-12-18(24)13-11-17)28-29(8,9)22(5,6)7/h10-13,16,19H,14-15H2,1-9H3,(H,25,26). The van der Waals surface area contributed by atoms with Crippen LogP contribution in [0.5, 0.6) is 0 Å². The maximum absolute atomic E-state index is 12.5. The summed E-state index contributed by atoms with van der Waals surface area (Å²) in [4.78, 5) is 12.5. The first-order valence-electron chi connectivity index (χ1n) is 10.5. The zero-order chi connectivity index (χ0) is 22.3. The number of hydrogen-bond acceptors (Lipinski definition) is 3. The molecule has 1 fully saturated rings.